The average Bonchev–Trinajstić information content (AvgIpc) is 3.18. The monoisotopic (exact) mass is 362 g/mol. The van der Waals surface area contributed by atoms with Gasteiger partial charge in [-0.05, 0) is 54.5 Å². The zero-order valence-electron chi connectivity index (χ0n) is 13.3. The Kier molecular flexibility index (Phi) is 3.74. The van der Waals surface area contributed by atoms with Gasteiger partial charge in [0.1, 0.15) is 0 Å². The van der Waals surface area contributed by atoms with Gasteiger partial charge in [0.25, 0.3) is 0 Å². The van der Waals surface area contributed by atoms with Crippen molar-refractivity contribution in [3.8, 4) is 0 Å². The van der Waals surface area contributed by atoms with E-state index in [0.29, 0.717) is 0 Å². The fraction of sp³-hybridized carbons (Fsp3) is 0.353. The second kappa shape index (κ2) is 5.68. The first-order valence-corrected chi connectivity index (χ1v) is 10.3. The third kappa shape index (κ3) is 2.47. The number of carbonyl (C=O) groups is 1. The summed E-state index contributed by atoms with van der Waals surface area (Å²) < 4.78 is 28.0. The fourth-order valence-electron chi connectivity index (χ4n) is 3.48. The van der Waals surface area contributed by atoms with E-state index >= 15 is 0 Å². The first-order chi connectivity index (χ1) is 11.5. The predicted octanol–water partition coefficient (Wildman–Crippen LogP) is 2.62. The summed E-state index contributed by atoms with van der Waals surface area (Å²) in [7, 11) is -3.60. The molecule has 5 nitrogen and oxygen atoms in total. The Hall–Kier alpha value is -1.70. The maximum Gasteiger partial charge on any atom is 0.240 e. The van der Waals surface area contributed by atoms with Crippen LogP contribution in [-0.2, 0) is 27.8 Å². The molecule has 126 valence electrons. The standard InChI is InChI=1S/C17H18N2O3S2/c1-11-15-9-14(24(21,22)18-10-13-5-3-7-23-13)8-12-4-2-6-19(16(12)15)17(11)20/h3,5,7-9,11,18H,2,4,6,10H2,1H3/t11-/m0/s1. The van der Waals surface area contributed by atoms with Crippen molar-refractivity contribution in [2.45, 2.75) is 37.1 Å². The highest BCUT2D eigenvalue weighted by atomic mass is 32.2. The zero-order chi connectivity index (χ0) is 16.9. The minimum atomic E-state index is -3.60. The molecule has 3 heterocycles. The van der Waals surface area contributed by atoms with E-state index in [0.717, 1.165) is 41.1 Å². The van der Waals surface area contributed by atoms with Crippen molar-refractivity contribution in [1.82, 2.24) is 4.72 Å². The van der Waals surface area contributed by atoms with E-state index in [4.69, 9.17) is 0 Å². The van der Waals surface area contributed by atoms with Gasteiger partial charge in [0, 0.05) is 18.0 Å². The molecular weight excluding hydrogens is 344 g/mol. The van der Waals surface area contributed by atoms with E-state index in [2.05, 4.69) is 4.72 Å². The molecule has 0 fully saturated rings. The normalized spacial score (nSPS) is 19.6. The number of amides is 1. The molecule has 1 aromatic carbocycles. The topological polar surface area (TPSA) is 66.5 Å². The molecule has 0 unspecified atom stereocenters. The van der Waals surface area contributed by atoms with Gasteiger partial charge in [-0.2, -0.15) is 0 Å². The summed E-state index contributed by atoms with van der Waals surface area (Å²) in [6.07, 6.45) is 1.68. The van der Waals surface area contributed by atoms with Crippen molar-refractivity contribution in [2.75, 3.05) is 11.4 Å². The van der Waals surface area contributed by atoms with Gasteiger partial charge in [-0.1, -0.05) is 6.07 Å². The summed E-state index contributed by atoms with van der Waals surface area (Å²) in [5.41, 5.74) is 2.75. The summed E-state index contributed by atoms with van der Waals surface area (Å²) in [6, 6.07) is 7.20. The van der Waals surface area contributed by atoms with Crippen LogP contribution in [0.2, 0.25) is 0 Å². The maximum absolute atomic E-state index is 12.7. The average molecular weight is 362 g/mol. The molecule has 1 amide bonds. The van der Waals surface area contributed by atoms with E-state index < -0.39 is 10.0 Å². The Morgan fingerprint density at radius 3 is 2.96 bits per heavy atom. The van der Waals surface area contributed by atoms with Gasteiger partial charge in [0.05, 0.1) is 16.5 Å². The highest BCUT2D eigenvalue weighted by molar-refractivity contribution is 7.89. The summed E-state index contributed by atoms with van der Waals surface area (Å²) >= 11 is 1.52. The van der Waals surface area contributed by atoms with Gasteiger partial charge in [-0.25, -0.2) is 13.1 Å². The number of benzene rings is 1. The number of hydrogen-bond acceptors (Lipinski definition) is 4. The number of sulfonamides is 1. The van der Waals surface area contributed by atoms with Crippen molar-refractivity contribution in [3.05, 3.63) is 45.6 Å². The molecule has 1 N–H and O–H groups in total. The predicted molar refractivity (Wildman–Crippen MR) is 93.9 cm³/mol. The lowest BCUT2D eigenvalue weighted by Gasteiger charge is -2.26. The summed E-state index contributed by atoms with van der Waals surface area (Å²) in [6.45, 7) is 2.87. The quantitative estimate of drug-likeness (QED) is 0.909. The van der Waals surface area contributed by atoms with Gasteiger partial charge >= 0.3 is 0 Å². The number of rotatable bonds is 4. The molecular formula is C17H18N2O3S2. The summed E-state index contributed by atoms with van der Waals surface area (Å²) in [5, 5.41) is 1.92. The molecule has 0 radical (unpaired) electrons. The largest absolute Gasteiger partial charge is 0.311 e. The van der Waals surface area contributed by atoms with Crippen molar-refractivity contribution in [2.24, 2.45) is 0 Å². The van der Waals surface area contributed by atoms with E-state index in [9.17, 15) is 13.2 Å². The molecule has 4 rings (SSSR count). The number of carbonyl (C=O) groups excluding carboxylic acids is 1. The SMILES string of the molecule is C[C@@H]1C(=O)N2CCCc3cc(S(=O)(=O)NCc4cccs4)cc1c32. The number of hydrogen-bond donors (Lipinski definition) is 1. The van der Waals surface area contributed by atoms with Gasteiger partial charge in [-0.3, -0.25) is 4.79 Å². The van der Waals surface area contributed by atoms with E-state index in [1.54, 1.807) is 12.1 Å². The van der Waals surface area contributed by atoms with Crippen molar-refractivity contribution >= 4 is 33.0 Å². The van der Waals surface area contributed by atoms with Gasteiger partial charge in [-0.15, -0.1) is 11.3 Å². The Bertz CT molecular complexity index is 904. The molecule has 2 aliphatic heterocycles. The zero-order valence-corrected chi connectivity index (χ0v) is 14.9. The van der Waals surface area contributed by atoms with E-state index in [-0.39, 0.29) is 23.3 Å². The van der Waals surface area contributed by atoms with E-state index in [1.807, 2.05) is 29.3 Å². The van der Waals surface area contributed by atoms with Crippen LogP contribution in [0.1, 0.15) is 35.3 Å². The van der Waals surface area contributed by atoms with Crippen LogP contribution in [0.15, 0.2) is 34.5 Å². The highest BCUT2D eigenvalue weighted by Gasteiger charge is 2.38. The third-order valence-electron chi connectivity index (χ3n) is 4.72. The third-order valence-corrected chi connectivity index (χ3v) is 6.98. The summed E-state index contributed by atoms with van der Waals surface area (Å²) in [4.78, 5) is 15.4. The van der Waals surface area contributed by atoms with Gasteiger partial charge in [0.15, 0.2) is 0 Å². The molecule has 1 atom stereocenters. The molecule has 0 aliphatic carbocycles. The summed E-state index contributed by atoms with van der Waals surface area (Å²) in [5.74, 6) is -0.198. The second-order valence-corrected chi connectivity index (χ2v) is 9.04. The number of nitrogens with zero attached hydrogens (tertiary/aromatic N) is 1. The second-order valence-electron chi connectivity index (χ2n) is 6.24. The van der Waals surface area contributed by atoms with Crippen LogP contribution in [0.3, 0.4) is 0 Å². The minimum Gasteiger partial charge on any atom is -0.311 e. The fourth-order valence-corrected chi connectivity index (χ4v) is 5.31. The van der Waals surface area contributed by atoms with Gasteiger partial charge in [0.2, 0.25) is 15.9 Å². The van der Waals surface area contributed by atoms with Crippen LogP contribution < -0.4 is 9.62 Å². The van der Waals surface area contributed by atoms with Crippen LogP contribution >= 0.6 is 11.3 Å². The van der Waals surface area contributed by atoms with Crippen LogP contribution in [0.5, 0.6) is 0 Å². The van der Waals surface area contributed by atoms with Gasteiger partial charge < -0.3 is 4.90 Å². The number of anilines is 1. The smallest absolute Gasteiger partial charge is 0.240 e. The van der Waals surface area contributed by atoms with Crippen molar-refractivity contribution in [3.63, 3.8) is 0 Å². The maximum atomic E-state index is 12.7. The van der Waals surface area contributed by atoms with Crippen molar-refractivity contribution < 1.29 is 13.2 Å². The van der Waals surface area contributed by atoms with Crippen molar-refractivity contribution in [1.29, 1.82) is 0 Å². The first-order valence-electron chi connectivity index (χ1n) is 7.97. The Labute approximate surface area is 145 Å². The molecule has 24 heavy (non-hydrogen) atoms. The number of nitrogens with one attached hydrogen (secondary N) is 1. The lowest BCUT2D eigenvalue weighted by atomic mass is 9.97. The molecule has 0 saturated heterocycles. The molecule has 1 aromatic heterocycles. The van der Waals surface area contributed by atoms with Crippen LogP contribution in [-0.4, -0.2) is 20.9 Å². The molecule has 0 bridgehead atoms. The molecule has 2 aromatic rings. The molecule has 7 heteroatoms. The Morgan fingerprint density at radius 1 is 1.38 bits per heavy atom. The van der Waals surface area contributed by atoms with E-state index in [1.165, 1.54) is 11.3 Å². The van der Waals surface area contributed by atoms with Crippen LogP contribution in [0.25, 0.3) is 0 Å². The Morgan fingerprint density at radius 2 is 2.21 bits per heavy atom. The lowest BCUT2D eigenvalue weighted by Crippen LogP contribution is -2.32. The molecule has 2 aliphatic rings. The number of thiophene rings is 1. The van der Waals surface area contributed by atoms with Crippen LogP contribution in [0.4, 0.5) is 5.69 Å². The lowest BCUT2D eigenvalue weighted by molar-refractivity contribution is -0.119. The Balaban J connectivity index is 1.71. The molecule has 0 spiro atoms. The number of aryl methyl sites for hydroxylation is 1. The molecule has 0 saturated carbocycles. The first kappa shape index (κ1) is 15.8. The minimum absolute atomic E-state index is 0.0760. The van der Waals surface area contributed by atoms with Crippen LogP contribution in [0, 0.1) is 0 Å². The highest BCUT2D eigenvalue weighted by Crippen LogP contribution is 2.43.